The number of benzene rings is 1. The van der Waals surface area contributed by atoms with Gasteiger partial charge in [-0.2, -0.15) is 5.26 Å². The monoisotopic (exact) mass is 359 g/mol. The molecule has 0 atom stereocenters. The van der Waals surface area contributed by atoms with E-state index >= 15 is 0 Å². The molecule has 3 aromatic heterocycles. The van der Waals surface area contributed by atoms with E-state index in [1.807, 2.05) is 47.3 Å². The zero-order valence-corrected chi connectivity index (χ0v) is 15.3. The molecule has 0 aliphatic rings. The van der Waals surface area contributed by atoms with Crippen molar-refractivity contribution in [2.24, 2.45) is 0 Å². The van der Waals surface area contributed by atoms with Gasteiger partial charge in [-0.15, -0.1) is 0 Å². The average molecular weight is 359 g/mol. The SMILES string of the molecule is CC(C)Nc1ncc(-c2cc(-c3ccccc3C#N)c3nccn3c2)s1. The zero-order valence-electron chi connectivity index (χ0n) is 14.5. The first-order valence-corrected chi connectivity index (χ1v) is 9.16. The number of nitrogens with zero attached hydrogens (tertiary/aromatic N) is 4. The van der Waals surface area contributed by atoms with Crippen molar-refractivity contribution in [3.05, 3.63) is 60.7 Å². The number of rotatable bonds is 4. The fourth-order valence-electron chi connectivity index (χ4n) is 2.90. The lowest BCUT2D eigenvalue weighted by Gasteiger charge is -2.09. The molecular formula is C20H17N5S. The molecule has 1 aromatic carbocycles. The second kappa shape index (κ2) is 6.62. The Morgan fingerprint density at radius 2 is 2.04 bits per heavy atom. The Morgan fingerprint density at radius 1 is 1.19 bits per heavy atom. The van der Waals surface area contributed by atoms with Crippen LogP contribution in [0.25, 0.3) is 27.2 Å². The molecule has 26 heavy (non-hydrogen) atoms. The van der Waals surface area contributed by atoms with Crippen LogP contribution in [-0.2, 0) is 0 Å². The number of anilines is 1. The highest BCUT2D eigenvalue weighted by Gasteiger charge is 2.14. The van der Waals surface area contributed by atoms with E-state index in [0.29, 0.717) is 11.6 Å². The maximum absolute atomic E-state index is 9.48. The summed E-state index contributed by atoms with van der Waals surface area (Å²) in [5, 5.41) is 13.7. The zero-order chi connectivity index (χ0) is 18.1. The molecule has 4 rings (SSSR count). The number of thiazole rings is 1. The Morgan fingerprint density at radius 3 is 2.85 bits per heavy atom. The lowest BCUT2D eigenvalue weighted by atomic mass is 10.00. The van der Waals surface area contributed by atoms with E-state index in [-0.39, 0.29) is 0 Å². The van der Waals surface area contributed by atoms with Crippen LogP contribution >= 0.6 is 11.3 Å². The summed E-state index contributed by atoms with van der Waals surface area (Å²) in [5.41, 5.74) is 4.35. The van der Waals surface area contributed by atoms with Gasteiger partial charge in [0, 0.05) is 47.5 Å². The molecule has 4 aromatic rings. The van der Waals surface area contributed by atoms with Gasteiger partial charge in [0.15, 0.2) is 5.13 Å². The standard InChI is InChI=1S/C20H17N5S/c1-13(2)24-20-23-11-18(26-20)15-9-17(19-22-7-8-25(19)12-15)16-6-4-3-5-14(16)10-21/h3-9,11-13H,1-2H3,(H,23,24). The van der Waals surface area contributed by atoms with Crippen molar-refractivity contribution >= 4 is 22.1 Å². The number of hydrogen-bond donors (Lipinski definition) is 1. The summed E-state index contributed by atoms with van der Waals surface area (Å²) in [4.78, 5) is 10.0. The summed E-state index contributed by atoms with van der Waals surface area (Å²) in [6.07, 6.45) is 7.63. The third-order valence-corrected chi connectivity index (χ3v) is 5.01. The number of nitriles is 1. The largest absolute Gasteiger partial charge is 0.359 e. The number of fused-ring (bicyclic) bond motifs is 1. The summed E-state index contributed by atoms with van der Waals surface area (Å²) in [5.74, 6) is 0. The molecule has 0 aliphatic carbocycles. The maximum Gasteiger partial charge on any atom is 0.183 e. The predicted octanol–water partition coefficient (Wildman–Crippen LogP) is 4.82. The number of pyridine rings is 1. The van der Waals surface area contributed by atoms with Crippen molar-refractivity contribution in [2.75, 3.05) is 5.32 Å². The second-order valence-corrected chi connectivity index (χ2v) is 7.32. The van der Waals surface area contributed by atoms with E-state index in [2.05, 4.69) is 41.3 Å². The van der Waals surface area contributed by atoms with E-state index in [9.17, 15) is 5.26 Å². The topological polar surface area (TPSA) is 66.0 Å². The van der Waals surface area contributed by atoms with Gasteiger partial charge in [0.25, 0.3) is 0 Å². The molecule has 0 fully saturated rings. The summed E-state index contributed by atoms with van der Waals surface area (Å²) in [7, 11) is 0. The minimum atomic E-state index is 0.336. The van der Waals surface area contributed by atoms with Crippen molar-refractivity contribution in [1.29, 1.82) is 5.26 Å². The number of nitrogens with one attached hydrogen (secondary N) is 1. The van der Waals surface area contributed by atoms with E-state index < -0.39 is 0 Å². The van der Waals surface area contributed by atoms with Crippen LogP contribution in [0, 0.1) is 11.3 Å². The first-order valence-electron chi connectivity index (χ1n) is 8.34. The molecule has 0 spiro atoms. The lowest BCUT2D eigenvalue weighted by molar-refractivity contribution is 0.896. The predicted molar refractivity (Wildman–Crippen MR) is 105 cm³/mol. The second-order valence-electron chi connectivity index (χ2n) is 6.29. The van der Waals surface area contributed by atoms with Gasteiger partial charge in [0.1, 0.15) is 5.65 Å². The van der Waals surface area contributed by atoms with Gasteiger partial charge in [0.05, 0.1) is 16.5 Å². The first kappa shape index (κ1) is 16.3. The van der Waals surface area contributed by atoms with Crippen LogP contribution in [0.2, 0.25) is 0 Å². The molecule has 128 valence electrons. The lowest BCUT2D eigenvalue weighted by Crippen LogP contribution is -2.08. The molecule has 1 N–H and O–H groups in total. The number of imidazole rings is 1. The average Bonchev–Trinajstić information content (AvgIpc) is 3.29. The Balaban J connectivity index is 1.88. The highest BCUT2D eigenvalue weighted by atomic mass is 32.1. The first-order chi connectivity index (χ1) is 12.7. The molecule has 3 heterocycles. The van der Waals surface area contributed by atoms with Gasteiger partial charge in [0.2, 0.25) is 0 Å². The van der Waals surface area contributed by atoms with Crippen LogP contribution < -0.4 is 5.32 Å². The number of hydrogen-bond acceptors (Lipinski definition) is 5. The normalized spacial score (nSPS) is 11.0. The van der Waals surface area contributed by atoms with Gasteiger partial charge in [-0.25, -0.2) is 9.97 Å². The van der Waals surface area contributed by atoms with E-state index in [1.165, 1.54) is 0 Å². The van der Waals surface area contributed by atoms with Crippen molar-refractivity contribution < 1.29 is 0 Å². The quantitative estimate of drug-likeness (QED) is 0.567. The third kappa shape index (κ3) is 2.93. The van der Waals surface area contributed by atoms with Crippen LogP contribution in [-0.4, -0.2) is 20.4 Å². The van der Waals surface area contributed by atoms with Gasteiger partial charge in [-0.1, -0.05) is 29.5 Å². The summed E-state index contributed by atoms with van der Waals surface area (Å²) in [6.45, 7) is 4.19. The van der Waals surface area contributed by atoms with Crippen LogP contribution in [0.4, 0.5) is 5.13 Å². The molecule has 6 heteroatoms. The number of aromatic nitrogens is 3. The van der Waals surface area contributed by atoms with Crippen molar-refractivity contribution in [3.8, 4) is 27.6 Å². The van der Waals surface area contributed by atoms with Crippen LogP contribution in [0.5, 0.6) is 0 Å². The Hall–Kier alpha value is -3.17. The third-order valence-electron chi connectivity index (χ3n) is 4.03. The smallest absolute Gasteiger partial charge is 0.183 e. The molecule has 0 aliphatic heterocycles. The van der Waals surface area contributed by atoms with Crippen molar-refractivity contribution in [1.82, 2.24) is 14.4 Å². The molecule has 5 nitrogen and oxygen atoms in total. The highest BCUT2D eigenvalue weighted by Crippen LogP contribution is 2.34. The fraction of sp³-hybridized carbons (Fsp3) is 0.150. The molecule has 0 unspecified atom stereocenters. The van der Waals surface area contributed by atoms with E-state index in [0.717, 1.165) is 32.3 Å². The maximum atomic E-state index is 9.48. The molecule has 0 bridgehead atoms. The van der Waals surface area contributed by atoms with Crippen LogP contribution in [0.15, 0.2) is 55.1 Å². The molecule has 0 saturated heterocycles. The summed E-state index contributed by atoms with van der Waals surface area (Å²) in [6, 6.07) is 12.3. The molecule has 0 amide bonds. The Labute approximate surface area is 155 Å². The van der Waals surface area contributed by atoms with Gasteiger partial charge < -0.3 is 9.72 Å². The minimum absolute atomic E-state index is 0.336. The van der Waals surface area contributed by atoms with Gasteiger partial charge in [-0.05, 0) is 26.0 Å². The Bertz CT molecular complexity index is 1120. The van der Waals surface area contributed by atoms with E-state index in [1.54, 1.807) is 17.5 Å². The van der Waals surface area contributed by atoms with Gasteiger partial charge in [-0.3, -0.25) is 0 Å². The van der Waals surface area contributed by atoms with Crippen LogP contribution in [0.1, 0.15) is 19.4 Å². The minimum Gasteiger partial charge on any atom is -0.359 e. The van der Waals surface area contributed by atoms with E-state index in [4.69, 9.17) is 0 Å². The highest BCUT2D eigenvalue weighted by molar-refractivity contribution is 7.18. The van der Waals surface area contributed by atoms with Crippen molar-refractivity contribution in [2.45, 2.75) is 19.9 Å². The molecular weight excluding hydrogens is 342 g/mol. The van der Waals surface area contributed by atoms with Crippen LogP contribution in [0.3, 0.4) is 0 Å². The Kier molecular flexibility index (Phi) is 4.15. The molecule has 0 radical (unpaired) electrons. The fourth-order valence-corrected chi connectivity index (χ4v) is 3.85. The van der Waals surface area contributed by atoms with Gasteiger partial charge >= 0.3 is 0 Å². The molecule has 0 saturated carbocycles. The summed E-state index contributed by atoms with van der Waals surface area (Å²) < 4.78 is 1.99. The summed E-state index contributed by atoms with van der Waals surface area (Å²) >= 11 is 1.62. The van der Waals surface area contributed by atoms with Crippen molar-refractivity contribution in [3.63, 3.8) is 0 Å².